The Balaban J connectivity index is 2.00. The number of nitrogens with zero attached hydrogens (tertiary/aromatic N) is 1. The van der Waals surface area contributed by atoms with Crippen LogP contribution in [-0.2, 0) is 11.2 Å². The van der Waals surface area contributed by atoms with Gasteiger partial charge in [-0.2, -0.15) is 0 Å². The lowest BCUT2D eigenvalue weighted by molar-refractivity contribution is -0.125. The van der Waals surface area contributed by atoms with Crippen molar-refractivity contribution in [2.45, 2.75) is 19.4 Å². The van der Waals surface area contributed by atoms with Gasteiger partial charge in [-0.1, -0.05) is 37.3 Å². The quantitative estimate of drug-likeness (QED) is 0.835. The fourth-order valence-corrected chi connectivity index (χ4v) is 2.57. The highest BCUT2D eigenvalue weighted by Gasteiger charge is 2.28. The first-order valence-electron chi connectivity index (χ1n) is 6.96. The lowest BCUT2D eigenvalue weighted by Crippen LogP contribution is -2.49. The van der Waals surface area contributed by atoms with Gasteiger partial charge in [-0.05, 0) is 17.9 Å². The molecule has 2 atom stereocenters. The van der Waals surface area contributed by atoms with Crippen LogP contribution in [0.25, 0.3) is 0 Å². The first-order chi connectivity index (χ1) is 9.20. The van der Waals surface area contributed by atoms with Gasteiger partial charge in [-0.15, -0.1) is 0 Å². The van der Waals surface area contributed by atoms with Crippen molar-refractivity contribution in [1.82, 2.24) is 10.2 Å². The van der Waals surface area contributed by atoms with E-state index >= 15 is 0 Å². The van der Waals surface area contributed by atoms with Gasteiger partial charge in [0.25, 0.3) is 0 Å². The summed E-state index contributed by atoms with van der Waals surface area (Å²) in [6.07, 6.45) is 0.956. The van der Waals surface area contributed by atoms with Crippen LogP contribution in [-0.4, -0.2) is 43.0 Å². The molecule has 0 aliphatic carbocycles. The van der Waals surface area contributed by atoms with Crippen molar-refractivity contribution in [1.29, 1.82) is 0 Å². The number of nitrogens with one attached hydrogen (secondary N) is 1. The number of nitrogens with two attached hydrogens (primary N) is 1. The average molecular weight is 261 g/mol. The second-order valence-corrected chi connectivity index (χ2v) is 5.33. The van der Waals surface area contributed by atoms with E-state index in [0.717, 1.165) is 26.1 Å². The van der Waals surface area contributed by atoms with Crippen LogP contribution in [0.1, 0.15) is 12.5 Å². The largest absolute Gasteiger partial charge is 0.354 e. The Hall–Kier alpha value is -1.39. The monoisotopic (exact) mass is 261 g/mol. The van der Waals surface area contributed by atoms with E-state index in [1.54, 1.807) is 0 Å². The van der Waals surface area contributed by atoms with Gasteiger partial charge < -0.3 is 11.1 Å². The molecule has 0 bridgehead atoms. The second-order valence-electron chi connectivity index (χ2n) is 5.33. The maximum Gasteiger partial charge on any atom is 0.238 e. The number of hydrogen-bond acceptors (Lipinski definition) is 3. The summed E-state index contributed by atoms with van der Waals surface area (Å²) < 4.78 is 0. The van der Waals surface area contributed by atoms with E-state index in [-0.39, 0.29) is 11.9 Å². The van der Waals surface area contributed by atoms with Crippen molar-refractivity contribution >= 4 is 5.91 Å². The minimum atomic E-state index is -0.186. The summed E-state index contributed by atoms with van der Waals surface area (Å²) in [6.45, 7) is 5.09. The van der Waals surface area contributed by atoms with Crippen LogP contribution in [0.4, 0.5) is 0 Å². The fourth-order valence-electron chi connectivity index (χ4n) is 2.57. The fraction of sp³-hybridized carbons (Fsp3) is 0.533. The molecule has 1 aromatic carbocycles. The van der Waals surface area contributed by atoms with Crippen molar-refractivity contribution in [3.8, 4) is 0 Å². The molecule has 4 nitrogen and oxygen atoms in total. The van der Waals surface area contributed by atoms with E-state index in [1.165, 1.54) is 5.56 Å². The Morgan fingerprint density at radius 1 is 1.37 bits per heavy atom. The number of benzene rings is 1. The van der Waals surface area contributed by atoms with Crippen molar-refractivity contribution < 1.29 is 4.79 Å². The Morgan fingerprint density at radius 2 is 2.11 bits per heavy atom. The van der Waals surface area contributed by atoms with Gasteiger partial charge >= 0.3 is 0 Å². The van der Waals surface area contributed by atoms with Crippen LogP contribution >= 0.6 is 0 Å². The molecule has 1 amide bonds. The van der Waals surface area contributed by atoms with Crippen molar-refractivity contribution in [3.63, 3.8) is 0 Å². The maximum atomic E-state index is 12.0. The molecule has 1 heterocycles. The van der Waals surface area contributed by atoms with Crippen LogP contribution in [0.15, 0.2) is 30.3 Å². The molecular weight excluding hydrogens is 238 g/mol. The first-order valence-corrected chi connectivity index (χ1v) is 6.96. The molecule has 0 radical (unpaired) electrons. The minimum absolute atomic E-state index is 0.0694. The van der Waals surface area contributed by atoms with Crippen molar-refractivity contribution in [2.24, 2.45) is 11.7 Å². The van der Waals surface area contributed by atoms with Crippen LogP contribution in [0.2, 0.25) is 0 Å². The van der Waals surface area contributed by atoms with Crippen molar-refractivity contribution in [2.75, 3.05) is 26.2 Å². The van der Waals surface area contributed by atoms with E-state index in [9.17, 15) is 4.79 Å². The maximum absolute atomic E-state index is 12.0. The standard InChI is InChI=1S/C15H23N3O/c1-12-10-17-15(19)14(9-16)18(11-12)8-7-13-5-3-2-4-6-13/h2-6,12,14H,7-11,16H2,1H3,(H,17,19). The van der Waals surface area contributed by atoms with Gasteiger partial charge in [0.15, 0.2) is 0 Å². The second kappa shape index (κ2) is 6.68. The molecule has 0 spiro atoms. The van der Waals surface area contributed by atoms with E-state index in [1.807, 2.05) is 18.2 Å². The summed E-state index contributed by atoms with van der Waals surface area (Å²) in [6, 6.07) is 10.2. The summed E-state index contributed by atoms with van der Waals surface area (Å²) in [5.74, 6) is 0.538. The molecule has 2 unspecified atom stereocenters. The number of rotatable bonds is 4. The number of carbonyl (C=O) groups is 1. The Bertz CT molecular complexity index is 407. The van der Waals surface area contributed by atoms with Gasteiger partial charge in [0.2, 0.25) is 5.91 Å². The normalized spacial score (nSPS) is 24.8. The molecule has 3 N–H and O–H groups in total. The van der Waals surface area contributed by atoms with Crippen LogP contribution in [0.3, 0.4) is 0 Å². The van der Waals surface area contributed by atoms with Gasteiger partial charge in [-0.3, -0.25) is 9.69 Å². The Labute approximate surface area is 115 Å². The zero-order valence-corrected chi connectivity index (χ0v) is 11.5. The zero-order valence-electron chi connectivity index (χ0n) is 11.5. The van der Waals surface area contributed by atoms with Gasteiger partial charge in [0.05, 0.1) is 0 Å². The van der Waals surface area contributed by atoms with Crippen LogP contribution < -0.4 is 11.1 Å². The lowest BCUT2D eigenvalue weighted by atomic mass is 10.1. The first kappa shape index (κ1) is 14.0. The molecule has 0 aromatic heterocycles. The summed E-state index contributed by atoms with van der Waals surface area (Å²) in [4.78, 5) is 14.2. The molecular formula is C15H23N3O. The minimum Gasteiger partial charge on any atom is -0.354 e. The molecule has 4 heteroatoms. The zero-order chi connectivity index (χ0) is 13.7. The van der Waals surface area contributed by atoms with Gasteiger partial charge in [0, 0.05) is 26.2 Å². The summed E-state index contributed by atoms with van der Waals surface area (Å²) in [7, 11) is 0. The van der Waals surface area contributed by atoms with Crippen LogP contribution in [0.5, 0.6) is 0 Å². The molecule has 1 saturated heterocycles. The summed E-state index contributed by atoms with van der Waals surface area (Å²) >= 11 is 0. The van der Waals surface area contributed by atoms with E-state index in [4.69, 9.17) is 5.73 Å². The third kappa shape index (κ3) is 3.78. The van der Waals surface area contributed by atoms with Gasteiger partial charge in [0.1, 0.15) is 6.04 Å². The number of amides is 1. The predicted molar refractivity (Wildman–Crippen MR) is 76.7 cm³/mol. The Kier molecular flexibility index (Phi) is 4.93. The molecule has 2 rings (SSSR count). The summed E-state index contributed by atoms with van der Waals surface area (Å²) in [5.41, 5.74) is 7.07. The molecule has 19 heavy (non-hydrogen) atoms. The smallest absolute Gasteiger partial charge is 0.238 e. The third-order valence-corrected chi connectivity index (χ3v) is 3.67. The predicted octanol–water partition coefficient (Wildman–Crippen LogP) is 0.624. The highest BCUT2D eigenvalue weighted by molar-refractivity contribution is 5.82. The topological polar surface area (TPSA) is 58.4 Å². The number of hydrogen-bond donors (Lipinski definition) is 2. The van der Waals surface area contributed by atoms with Crippen LogP contribution in [0, 0.1) is 5.92 Å². The van der Waals surface area contributed by atoms with E-state index in [0.29, 0.717) is 12.5 Å². The molecule has 0 saturated carbocycles. The highest BCUT2D eigenvalue weighted by atomic mass is 16.2. The van der Waals surface area contributed by atoms with Crippen molar-refractivity contribution in [3.05, 3.63) is 35.9 Å². The third-order valence-electron chi connectivity index (χ3n) is 3.67. The number of carbonyl (C=O) groups excluding carboxylic acids is 1. The molecule has 1 fully saturated rings. The lowest BCUT2D eigenvalue weighted by Gasteiger charge is -2.28. The summed E-state index contributed by atoms with van der Waals surface area (Å²) in [5, 5.41) is 2.96. The van der Waals surface area contributed by atoms with E-state index in [2.05, 4.69) is 29.3 Å². The molecule has 104 valence electrons. The molecule has 1 aliphatic heterocycles. The van der Waals surface area contributed by atoms with Gasteiger partial charge in [-0.25, -0.2) is 0 Å². The Morgan fingerprint density at radius 3 is 2.79 bits per heavy atom. The van der Waals surface area contributed by atoms with E-state index < -0.39 is 0 Å². The SMILES string of the molecule is CC1CNC(=O)C(CN)N(CCc2ccccc2)C1. The molecule has 1 aromatic rings. The highest BCUT2D eigenvalue weighted by Crippen LogP contribution is 2.11. The average Bonchev–Trinajstić information content (AvgIpc) is 2.57. The molecule has 1 aliphatic rings.